The summed E-state index contributed by atoms with van der Waals surface area (Å²) in [6.07, 6.45) is 0.0965. The van der Waals surface area contributed by atoms with Gasteiger partial charge in [-0.1, -0.05) is 0 Å². The Morgan fingerprint density at radius 2 is 1.11 bits per heavy atom. The van der Waals surface area contributed by atoms with E-state index >= 15 is 0 Å². The Morgan fingerprint density at radius 1 is 0.667 bits per heavy atom. The minimum absolute atomic E-state index is 0.0112. The highest BCUT2D eigenvalue weighted by Crippen LogP contribution is 1.96. The Bertz CT molecular complexity index is 483. The zero-order valence-corrected chi connectivity index (χ0v) is 15.7. The van der Waals surface area contributed by atoms with Crippen LogP contribution < -0.4 is 0 Å². The van der Waals surface area contributed by atoms with Crippen LogP contribution in [0.5, 0.6) is 0 Å². The zero-order chi connectivity index (χ0) is 20.7. The van der Waals surface area contributed by atoms with Crippen LogP contribution in [-0.2, 0) is 47.7 Å². The highest BCUT2D eigenvalue weighted by Gasteiger charge is 2.12. The van der Waals surface area contributed by atoms with E-state index < -0.39 is 43.1 Å². The molecule has 0 spiro atoms. The van der Waals surface area contributed by atoms with E-state index in [0.29, 0.717) is 0 Å². The quantitative estimate of drug-likeness (QED) is 0.284. The van der Waals surface area contributed by atoms with Gasteiger partial charge < -0.3 is 23.7 Å². The molecule has 154 valence electrons. The smallest absolute Gasteiger partial charge is 0.344 e. The average molecular weight is 391 g/mol. The third-order valence-corrected chi connectivity index (χ3v) is 2.99. The van der Waals surface area contributed by atoms with Gasteiger partial charge in [0.25, 0.3) is 0 Å². The molecule has 0 aliphatic carbocycles. The summed E-state index contributed by atoms with van der Waals surface area (Å²) in [4.78, 5) is 56.9. The number of rotatable bonds is 13. The molecular formula is C16H25NO10. The minimum atomic E-state index is -0.703. The Morgan fingerprint density at radius 3 is 1.48 bits per heavy atom. The molecule has 0 aliphatic rings. The molecule has 0 aromatic heterocycles. The van der Waals surface area contributed by atoms with Gasteiger partial charge in [0.15, 0.2) is 13.2 Å². The summed E-state index contributed by atoms with van der Waals surface area (Å²) >= 11 is 0. The van der Waals surface area contributed by atoms with Gasteiger partial charge in [-0.25, -0.2) is 9.59 Å². The number of esters is 5. The molecule has 0 saturated heterocycles. The van der Waals surface area contributed by atoms with Crippen LogP contribution in [0.4, 0.5) is 0 Å². The maximum Gasteiger partial charge on any atom is 0.344 e. The van der Waals surface area contributed by atoms with Gasteiger partial charge in [-0.2, -0.15) is 0 Å². The first-order chi connectivity index (χ1) is 12.7. The molecule has 0 atom stereocenters. The molecule has 0 rings (SSSR count). The molecule has 0 aromatic carbocycles. The predicted molar refractivity (Wildman–Crippen MR) is 88.3 cm³/mol. The minimum Gasteiger partial charge on any atom is -0.469 e. The Labute approximate surface area is 156 Å². The summed E-state index contributed by atoms with van der Waals surface area (Å²) in [6.45, 7) is 2.15. The topological polar surface area (TPSA) is 135 Å². The molecule has 27 heavy (non-hydrogen) atoms. The molecule has 0 aliphatic heterocycles. The number of hydrogen-bond acceptors (Lipinski definition) is 11. The van der Waals surface area contributed by atoms with Crippen molar-refractivity contribution in [2.45, 2.75) is 20.3 Å². The lowest BCUT2D eigenvalue weighted by molar-refractivity contribution is -0.158. The largest absolute Gasteiger partial charge is 0.469 e. The number of methoxy groups -OCH3 is 1. The molecule has 0 bridgehead atoms. The molecule has 0 unspecified atom stereocenters. The van der Waals surface area contributed by atoms with Gasteiger partial charge in [0, 0.05) is 33.5 Å². The highest BCUT2D eigenvalue weighted by atomic mass is 16.6. The Balaban J connectivity index is 4.25. The van der Waals surface area contributed by atoms with Gasteiger partial charge in [0.2, 0.25) is 0 Å². The Kier molecular flexibility index (Phi) is 13.0. The van der Waals surface area contributed by atoms with E-state index in [0.717, 1.165) is 0 Å². The van der Waals surface area contributed by atoms with Crippen LogP contribution in [0.15, 0.2) is 0 Å². The van der Waals surface area contributed by atoms with Crippen LogP contribution in [0.1, 0.15) is 20.3 Å². The SMILES string of the molecule is COC(=O)CCN(CCOC(=O)COC(C)=O)CCOC(=O)COC(C)=O. The predicted octanol–water partition coefficient (Wildman–Crippen LogP) is -0.936. The third kappa shape index (κ3) is 15.3. The summed E-state index contributed by atoms with van der Waals surface area (Å²) < 4.78 is 23.4. The monoisotopic (exact) mass is 391 g/mol. The van der Waals surface area contributed by atoms with Crippen molar-refractivity contribution in [3.05, 3.63) is 0 Å². The number of ether oxygens (including phenoxy) is 5. The van der Waals surface area contributed by atoms with Crippen LogP contribution in [0.3, 0.4) is 0 Å². The van der Waals surface area contributed by atoms with Crippen molar-refractivity contribution in [1.82, 2.24) is 4.90 Å². The Hall–Kier alpha value is -2.69. The molecule has 0 aromatic rings. The fourth-order valence-electron chi connectivity index (χ4n) is 1.67. The molecule has 0 radical (unpaired) electrons. The fraction of sp³-hybridized carbons (Fsp3) is 0.688. The van der Waals surface area contributed by atoms with E-state index in [-0.39, 0.29) is 39.3 Å². The summed E-state index contributed by atoms with van der Waals surface area (Å²) in [5, 5.41) is 0. The van der Waals surface area contributed by atoms with Crippen LogP contribution in [-0.4, -0.2) is 87.9 Å². The standard InChI is InChI=1S/C16H25NO10/c1-12(18)26-10-15(21)24-8-6-17(5-4-14(20)23-3)7-9-25-16(22)11-27-13(2)19/h4-11H2,1-3H3. The maximum atomic E-state index is 11.4. The van der Waals surface area contributed by atoms with Crippen molar-refractivity contribution in [2.24, 2.45) is 0 Å². The lowest BCUT2D eigenvalue weighted by Gasteiger charge is -2.21. The second-order valence-electron chi connectivity index (χ2n) is 5.17. The molecule has 0 saturated carbocycles. The number of carbonyl (C=O) groups excluding carboxylic acids is 5. The molecule has 0 amide bonds. The van der Waals surface area contributed by atoms with Crippen LogP contribution in [0.25, 0.3) is 0 Å². The summed E-state index contributed by atoms with van der Waals surface area (Å²) in [6, 6.07) is 0. The second kappa shape index (κ2) is 14.5. The van der Waals surface area contributed by atoms with E-state index in [4.69, 9.17) is 9.47 Å². The van der Waals surface area contributed by atoms with E-state index in [2.05, 4.69) is 14.2 Å². The lowest BCUT2D eigenvalue weighted by atomic mass is 10.3. The van der Waals surface area contributed by atoms with Gasteiger partial charge in [0.05, 0.1) is 13.5 Å². The fourth-order valence-corrected chi connectivity index (χ4v) is 1.67. The average Bonchev–Trinajstić information content (AvgIpc) is 2.61. The van der Waals surface area contributed by atoms with Crippen molar-refractivity contribution in [3.63, 3.8) is 0 Å². The van der Waals surface area contributed by atoms with Crippen molar-refractivity contribution < 1.29 is 47.7 Å². The summed E-state index contributed by atoms with van der Waals surface area (Å²) in [5.74, 6) is -3.01. The first kappa shape index (κ1) is 24.3. The summed E-state index contributed by atoms with van der Waals surface area (Å²) in [5.41, 5.74) is 0. The van der Waals surface area contributed by atoms with Gasteiger partial charge in [0.1, 0.15) is 13.2 Å². The van der Waals surface area contributed by atoms with Gasteiger partial charge in [-0.15, -0.1) is 0 Å². The molecule has 0 heterocycles. The number of nitrogens with zero attached hydrogens (tertiary/aromatic N) is 1. The van der Waals surface area contributed by atoms with E-state index in [1.54, 1.807) is 4.90 Å². The normalized spacial score (nSPS) is 10.1. The molecule has 0 N–H and O–H groups in total. The molecular weight excluding hydrogens is 366 g/mol. The molecule has 0 fully saturated rings. The van der Waals surface area contributed by atoms with Crippen molar-refractivity contribution >= 4 is 29.8 Å². The maximum absolute atomic E-state index is 11.4. The highest BCUT2D eigenvalue weighted by molar-refractivity contribution is 5.75. The molecule has 11 heteroatoms. The summed E-state index contributed by atoms with van der Waals surface area (Å²) in [7, 11) is 1.26. The molecule has 11 nitrogen and oxygen atoms in total. The van der Waals surface area contributed by atoms with Gasteiger partial charge >= 0.3 is 29.8 Å². The van der Waals surface area contributed by atoms with Gasteiger partial charge in [-0.05, 0) is 0 Å². The zero-order valence-electron chi connectivity index (χ0n) is 15.7. The van der Waals surface area contributed by atoms with Crippen molar-refractivity contribution in [2.75, 3.05) is 53.2 Å². The first-order valence-electron chi connectivity index (χ1n) is 8.11. The third-order valence-electron chi connectivity index (χ3n) is 2.99. The van der Waals surface area contributed by atoms with Crippen molar-refractivity contribution in [3.8, 4) is 0 Å². The number of carbonyl (C=O) groups is 5. The second-order valence-corrected chi connectivity index (χ2v) is 5.17. The first-order valence-corrected chi connectivity index (χ1v) is 8.11. The van der Waals surface area contributed by atoms with E-state index in [9.17, 15) is 24.0 Å². The lowest BCUT2D eigenvalue weighted by Crippen LogP contribution is -2.34. The number of hydrogen-bond donors (Lipinski definition) is 0. The van der Waals surface area contributed by atoms with Crippen LogP contribution in [0.2, 0.25) is 0 Å². The van der Waals surface area contributed by atoms with Gasteiger partial charge in [-0.3, -0.25) is 19.3 Å². The van der Waals surface area contributed by atoms with Crippen LogP contribution >= 0.6 is 0 Å². The van der Waals surface area contributed by atoms with E-state index in [1.807, 2.05) is 0 Å². The van der Waals surface area contributed by atoms with E-state index in [1.165, 1.54) is 21.0 Å². The van der Waals surface area contributed by atoms with Crippen LogP contribution in [0, 0.1) is 0 Å². The van der Waals surface area contributed by atoms with Crippen molar-refractivity contribution in [1.29, 1.82) is 0 Å².